The topological polar surface area (TPSA) is 120 Å². The number of hydrogen-bond acceptors (Lipinski definition) is 5. The summed E-state index contributed by atoms with van der Waals surface area (Å²) in [5.74, 6) is -1.36. The third-order valence-corrected chi connectivity index (χ3v) is 2.54. The van der Waals surface area contributed by atoms with E-state index in [1.165, 1.54) is 24.3 Å². The first-order valence-electron chi connectivity index (χ1n) is 5.79. The first-order chi connectivity index (χ1) is 9.54. The number of hydrogen-bond donors (Lipinski definition) is 2. The van der Waals surface area contributed by atoms with E-state index in [4.69, 9.17) is 10.5 Å². The van der Waals surface area contributed by atoms with Gasteiger partial charge in [-0.25, -0.2) is 14.7 Å². The number of aromatic nitrogens is 3. The molecule has 21 heavy (non-hydrogen) atoms. The Hall–Kier alpha value is -1.90. The number of carbonyl (C=O) groups excluding carboxylic acids is 2. The van der Waals surface area contributed by atoms with Crippen LogP contribution in [0.5, 0.6) is 0 Å². The molecule has 0 aliphatic rings. The molecule has 2 rings (SSSR count). The van der Waals surface area contributed by atoms with Gasteiger partial charge in [-0.2, -0.15) is 0 Å². The van der Waals surface area contributed by atoms with Gasteiger partial charge in [-0.1, -0.05) is 0 Å². The molecule has 0 fully saturated rings. The quantitative estimate of drug-likeness (QED) is 0.580. The summed E-state index contributed by atoms with van der Waals surface area (Å²) in [5, 5.41) is 5.92. The molecule has 0 aliphatic heterocycles. The molecule has 0 aliphatic carbocycles. The predicted molar refractivity (Wildman–Crippen MR) is 74.4 cm³/mol. The molecule has 0 bridgehead atoms. The zero-order valence-electron chi connectivity index (χ0n) is 11.6. The first-order valence-corrected chi connectivity index (χ1v) is 5.79. The van der Waals surface area contributed by atoms with Crippen molar-refractivity contribution in [1.29, 1.82) is 0 Å². The number of ether oxygens (including phenoxy) is 1. The predicted octanol–water partition coefficient (Wildman–Crippen LogP) is -0.545. The number of carbonyl (C=O) groups is 2. The van der Waals surface area contributed by atoms with Crippen molar-refractivity contribution in [3.8, 4) is 5.69 Å². The van der Waals surface area contributed by atoms with E-state index < -0.39 is 17.4 Å². The Kier molecular flexibility index (Phi) is 5.89. The van der Waals surface area contributed by atoms with E-state index in [1.807, 2.05) is 0 Å². The largest absolute Gasteiger partial charge is 0.462 e. The standard InChI is InChI=1S/C12H12N4O4.Na/c1-2-20-12(19)7-3-5-8(6-4-7)16-11(18)9(10(13)17)14-15-16;/h3-6,15H,2H2,1H3,(H2,13,17);. The van der Waals surface area contributed by atoms with Crippen LogP contribution in [0, 0.1) is 0 Å². The summed E-state index contributed by atoms with van der Waals surface area (Å²) in [6, 6.07) is 6.06. The number of nitrogens with zero attached hydrogens (tertiary/aromatic N) is 2. The van der Waals surface area contributed by atoms with E-state index in [2.05, 4.69) is 10.3 Å². The molecule has 1 amide bonds. The van der Waals surface area contributed by atoms with Crippen LogP contribution >= 0.6 is 0 Å². The third-order valence-electron chi connectivity index (χ3n) is 2.54. The molecule has 0 unspecified atom stereocenters. The summed E-state index contributed by atoms with van der Waals surface area (Å²) in [6.07, 6.45) is 0. The maximum atomic E-state index is 11.8. The van der Waals surface area contributed by atoms with Crippen LogP contribution in [0.1, 0.15) is 27.8 Å². The number of nitrogens with two attached hydrogens (primary N) is 1. The van der Waals surface area contributed by atoms with E-state index in [0.717, 1.165) is 4.68 Å². The monoisotopic (exact) mass is 299 g/mol. The molecular formula is C12H12N4NaO4. The first kappa shape index (κ1) is 17.2. The molecule has 105 valence electrons. The number of aromatic amines is 1. The van der Waals surface area contributed by atoms with Gasteiger partial charge in [0, 0.05) is 29.6 Å². The van der Waals surface area contributed by atoms with Crippen molar-refractivity contribution >= 4 is 41.4 Å². The second kappa shape index (κ2) is 7.21. The van der Waals surface area contributed by atoms with Gasteiger partial charge in [0.1, 0.15) is 0 Å². The van der Waals surface area contributed by atoms with Crippen molar-refractivity contribution in [2.45, 2.75) is 6.92 Å². The van der Waals surface area contributed by atoms with Crippen LogP contribution in [0.25, 0.3) is 5.69 Å². The molecule has 2 aromatic rings. The molecule has 0 saturated heterocycles. The minimum absolute atomic E-state index is 0. The minimum Gasteiger partial charge on any atom is -0.462 e. The smallest absolute Gasteiger partial charge is 0.338 e. The van der Waals surface area contributed by atoms with Gasteiger partial charge in [0.05, 0.1) is 17.9 Å². The fourth-order valence-corrected chi connectivity index (χ4v) is 1.60. The molecule has 1 aromatic carbocycles. The van der Waals surface area contributed by atoms with Gasteiger partial charge in [0.2, 0.25) is 5.69 Å². The molecule has 1 heterocycles. The summed E-state index contributed by atoms with van der Waals surface area (Å²) in [5.41, 5.74) is 4.76. The maximum absolute atomic E-state index is 11.8. The Morgan fingerprint density at radius 1 is 1.33 bits per heavy atom. The molecule has 8 nitrogen and oxygen atoms in total. The molecule has 1 aromatic heterocycles. The normalized spacial score (nSPS) is 9.76. The minimum atomic E-state index is -0.909. The van der Waals surface area contributed by atoms with Crippen molar-refractivity contribution in [2.24, 2.45) is 5.73 Å². The number of esters is 1. The summed E-state index contributed by atoms with van der Waals surface area (Å²) in [4.78, 5) is 34.2. The summed E-state index contributed by atoms with van der Waals surface area (Å²) >= 11 is 0. The van der Waals surface area contributed by atoms with Crippen LogP contribution in [-0.2, 0) is 4.74 Å². The molecule has 9 heteroatoms. The SMILES string of the molecule is CCOC(=O)c1ccc(-n2[nH]nc(C(N)=O)c2=O)cc1.[Na]. The second-order valence-corrected chi connectivity index (χ2v) is 3.83. The van der Waals surface area contributed by atoms with E-state index in [-0.39, 0.29) is 41.9 Å². The van der Waals surface area contributed by atoms with E-state index in [9.17, 15) is 14.4 Å². The molecular weight excluding hydrogens is 287 g/mol. The van der Waals surface area contributed by atoms with Crippen LogP contribution in [0.2, 0.25) is 0 Å². The van der Waals surface area contributed by atoms with Crippen molar-refractivity contribution in [3.05, 3.63) is 45.9 Å². The average Bonchev–Trinajstić information content (AvgIpc) is 2.81. The van der Waals surface area contributed by atoms with Crippen molar-refractivity contribution < 1.29 is 14.3 Å². The van der Waals surface area contributed by atoms with Crippen LogP contribution in [0.4, 0.5) is 0 Å². The van der Waals surface area contributed by atoms with Crippen LogP contribution in [-0.4, -0.2) is 63.0 Å². The Labute approximate surface area is 141 Å². The number of nitrogens with one attached hydrogen (secondary N) is 1. The molecule has 0 spiro atoms. The molecule has 1 radical (unpaired) electrons. The summed E-state index contributed by atoms with van der Waals surface area (Å²) in [7, 11) is 0. The number of amides is 1. The third kappa shape index (κ3) is 3.60. The van der Waals surface area contributed by atoms with Gasteiger partial charge in [-0.15, -0.1) is 5.10 Å². The fourth-order valence-electron chi connectivity index (χ4n) is 1.60. The Balaban J connectivity index is 0.00000220. The van der Waals surface area contributed by atoms with E-state index in [1.54, 1.807) is 6.92 Å². The van der Waals surface area contributed by atoms with Gasteiger partial charge >= 0.3 is 11.5 Å². The van der Waals surface area contributed by atoms with Gasteiger partial charge < -0.3 is 10.5 Å². The van der Waals surface area contributed by atoms with Gasteiger partial charge in [0.25, 0.3) is 5.91 Å². The van der Waals surface area contributed by atoms with Crippen molar-refractivity contribution in [1.82, 2.24) is 15.0 Å². The van der Waals surface area contributed by atoms with Crippen LogP contribution < -0.4 is 11.3 Å². The van der Waals surface area contributed by atoms with Crippen LogP contribution in [0.15, 0.2) is 29.1 Å². The average molecular weight is 299 g/mol. The Morgan fingerprint density at radius 3 is 2.43 bits per heavy atom. The number of H-pyrrole nitrogens is 1. The summed E-state index contributed by atoms with van der Waals surface area (Å²) < 4.78 is 5.89. The summed E-state index contributed by atoms with van der Waals surface area (Å²) in [6.45, 7) is 1.99. The maximum Gasteiger partial charge on any atom is 0.338 e. The number of primary amides is 1. The Bertz CT molecular complexity index is 705. The molecule has 3 N–H and O–H groups in total. The number of benzene rings is 1. The second-order valence-electron chi connectivity index (χ2n) is 3.83. The van der Waals surface area contributed by atoms with E-state index in [0.29, 0.717) is 11.3 Å². The Morgan fingerprint density at radius 2 is 1.95 bits per heavy atom. The molecule has 0 saturated carbocycles. The van der Waals surface area contributed by atoms with Crippen molar-refractivity contribution in [2.75, 3.05) is 6.61 Å². The fraction of sp³-hybridized carbons (Fsp3) is 0.167. The molecule has 0 atom stereocenters. The van der Waals surface area contributed by atoms with Crippen LogP contribution in [0.3, 0.4) is 0 Å². The van der Waals surface area contributed by atoms with E-state index >= 15 is 0 Å². The van der Waals surface area contributed by atoms with Gasteiger partial charge in [-0.3, -0.25) is 9.59 Å². The van der Waals surface area contributed by atoms with Gasteiger partial charge in [-0.05, 0) is 31.2 Å². The zero-order chi connectivity index (χ0) is 14.7. The van der Waals surface area contributed by atoms with Gasteiger partial charge in [0.15, 0.2) is 0 Å². The zero-order valence-corrected chi connectivity index (χ0v) is 13.6. The number of rotatable bonds is 4. The van der Waals surface area contributed by atoms with Crippen molar-refractivity contribution in [3.63, 3.8) is 0 Å².